The van der Waals surface area contributed by atoms with Gasteiger partial charge in [0.2, 0.25) is 0 Å². The van der Waals surface area contributed by atoms with Gasteiger partial charge in [0.25, 0.3) is 0 Å². The van der Waals surface area contributed by atoms with Crippen LogP contribution in [0.3, 0.4) is 0 Å². The number of rotatable bonds is 9. The topological polar surface area (TPSA) is 270 Å². The zero-order valence-corrected chi connectivity index (χ0v) is 16.6. The van der Waals surface area contributed by atoms with Crippen molar-refractivity contribution in [2.24, 2.45) is 0 Å². The Kier molecular flexibility index (Phi) is 8.05. The summed E-state index contributed by atoms with van der Waals surface area (Å²) in [7, 11) is -10.3. The molecule has 0 saturated carbocycles. The first-order valence-electron chi connectivity index (χ1n) is 8.11. The average Bonchev–Trinajstić information content (AvgIpc) is 2.92. The van der Waals surface area contributed by atoms with Gasteiger partial charge >= 0.3 is 26.8 Å². The van der Waals surface area contributed by atoms with Crippen molar-refractivity contribution in [1.82, 2.24) is 0 Å². The van der Waals surface area contributed by atoms with E-state index >= 15 is 0 Å². The Morgan fingerprint density at radius 2 is 1.55 bits per heavy atom. The summed E-state index contributed by atoms with van der Waals surface area (Å²) < 4.78 is 84.5. The molecule has 6 N–H and O–H groups in total. The molecule has 0 unspecified atom stereocenters. The van der Waals surface area contributed by atoms with Crippen molar-refractivity contribution in [2.45, 2.75) is 55.1 Å². The molecule has 0 radical (unpaired) electrons. The smallest absolute Gasteiger partial charge is 0.397 e. The first-order valence-corrected chi connectivity index (χ1v) is 10.8. The number of aliphatic carboxylic acids is 1. The van der Waals surface area contributed by atoms with Crippen LogP contribution in [0.25, 0.3) is 0 Å². The molecule has 2 heterocycles. The predicted octanol–water partition coefficient (Wildman–Crippen LogP) is -4.76. The third-order valence-corrected chi connectivity index (χ3v) is 5.10. The van der Waals surface area contributed by atoms with E-state index in [0.29, 0.717) is 0 Å². The molecular weight excluding hydrogens is 480 g/mol. The lowest BCUT2D eigenvalue weighted by Crippen LogP contribution is -2.62. The molecular formula is C12H18O17S2. The van der Waals surface area contributed by atoms with Gasteiger partial charge in [-0.3, -0.25) is 9.11 Å². The number of hydrogen-bond acceptors (Lipinski definition) is 14. The highest BCUT2D eigenvalue weighted by Crippen LogP contribution is 2.31. The molecule has 0 bridgehead atoms. The van der Waals surface area contributed by atoms with E-state index < -0.39 is 88.5 Å². The number of aliphatic hydroxyl groups excluding tert-OH is 3. The van der Waals surface area contributed by atoms with E-state index in [1.54, 1.807) is 0 Å². The van der Waals surface area contributed by atoms with Crippen molar-refractivity contribution in [3.63, 3.8) is 0 Å². The van der Waals surface area contributed by atoms with Gasteiger partial charge in [-0.1, -0.05) is 0 Å². The molecule has 9 atom stereocenters. The number of carbonyl (C=O) groups is 2. The summed E-state index contributed by atoms with van der Waals surface area (Å²) in [5.41, 5.74) is 0. The van der Waals surface area contributed by atoms with Crippen LogP contribution in [-0.4, -0.2) is 120 Å². The molecule has 2 aliphatic rings. The molecule has 0 aromatic heterocycles. The molecule has 31 heavy (non-hydrogen) atoms. The monoisotopic (exact) mass is 498 g/mol. The Labute approximate surface area is 173 Å². The average molecular weight is 498 g/mol. The van der Waals surface area contributed by atoms with Gasteiger partial charge in [-0.25, -0.2) is 13.2 Å². The van der Waals surface area contributed by atoms with Gasteiger partial charge in [0.05, 0.1) is 6.61 Å². The number of carboxylic acids is 1. The second-order valence-electron chi connectivity index (χ2n) is 6.31. The highest BCUT2D eigenvalue weighted by Gasteiger charge is 2.54. The summed E-state index contributed by atoms with van der Waals surface area (Å²) in [6.45, 7) is -1.03. The molecule has 2 rings (SSSR count). The zero-order chi connectivity index (χ0) is 23.7. The SMILES string of the molecule is O=C[C@H]1O[C@H](COS(=O)(=O)O)[C@@H](O[C@@H]2O[C@@H](C(=O)O)[C@@H](O)[C@H](O)[C@H]2OS(=O)(=O)O)[C@@H]1O. The maximum absolute atomic E-state index is 11.2. The minimum Gasteiger partial charge on any atom is -0.479 e. The second-order valence-corrected chi connectivity index (χ2v) is 8.45. The Morgan fingerprint density at radius 1 is 0.935 bits per heavy atom. The quantitative estimate of drug-likeness (QED) is 0.128. The van der Waals surface area contributed by atoms with Crippen molar-refractivity contribution < 1.29 is 78.5 Å². The van der Waals surface area contributed by atoms with Crippen molar-refractivity contribution in [2.75, 3.05) is 6.61 Å². The molecule has 19 heteroatoms. The first kappa shape index (κ1) is 25.9. The van der Waals surface area contributed by atoms with E-state index in [9.17, 15) is 41.7 Å². The minimum absolute atomic E-state index is 0.0843. The Hall–Kier alpha value is -1.36. The number of aliphatic hydroxyl groups is 3. The number of carboxylic acid groups (broad SMARTS) is 1. The van der Waals surface area contributed by atoms with Crippen LogP contribution in [0.2, 0.25) is 0 Å². The number of aldehydes is 1. The molecule has 0 amide bonds. The Balaban J connectivity index is 2.32. The van der Waals surface area contributed by atoms with Gasteiger partial charge in [0.15, 0.2) is 24.8 Å². The van der Waals surface area contributed by atoms with E-state index in [4.69, 9.17) is 28.4 Å². The summed E-state index contributed by atoms with van der Waals surface area (Å²) in [6.07, 6.45) is -18.2. The molecule has 2 fully saturated rings. The fourth-order valence-corrected chi connectivity index (χ4v) is 3.67. The summed E-state index contributed by atoms with van der Waals surface area (Å²) in [6, 6.07) is 0. The molecule has 0 aromatic rings. The van der Waals surface area contributed by atoms with E-state index in [1.165, 1.54) is 0 Å². The number of ether oxygens (including phenoxy) is 3. The lowest BCUT2D eigenvalue weighted by atomic mass is 9.98. The maximum atomic E-state index is 11.2. The van der Waals surface area contributed by atoms with Gasteiger partial charge in [-0.05, 0) is 0 Å². The molecule has 2 aliphatic heterocycles. The summed E-state index contributed by atoms with van der Waals surface area (Å²) in [5, 5.41) is 39.1. The molecule has 0 spiro atoms. The normalized spacial score (nSPS) is 39.3. The third kappa shape index (κ3) is 6.57. The van der Waals surface area contributed by atoms with Crippen LogP contribution in [0, 0.1) is 0 Å². The third-order valence-electron chi connectivity index (χ3n) is 4.20. The maximum Gasteiger partial charge on any atom is 0.397 e. The van der Waals surface area contributed by atoms with Crippen molar-refractivity contribution >= 4 is 33.1 Å². The van der Waals surface area contributed by atoms with Crippen LogP contribution in [0.1, 0.15) is 0 Å². The first-order chi connectivity index (χ1) is 14.1. The summed E-state index contributed by atoms with van der Waals surface area (Å²) in [5.74, 6) is -1.83. The van der Waals surface area contributed by atoms with Gasteiger partial charge in [0.1, 0.15) is 36.6 Å². The Morgan fingerprint density at radius 3 is 2.03 bits per heavy atom. The van der Waals surface area contributed by atoms with Crippen molar-refractivity contribution in [3.8, 4) is 0 Å². The number of hydrogen-bond donors (Lipinski definition) is 6. The largest absolute Gasteiger partial charge is 0.479 e. The van der Waals surface area contributed by atoms with E-state index in [-0.39, 0.29) is 6.29 Å². The van der Waals surface area contributed by atoms with Crippen LogP contribution >= 0.6 is 0 Å². The van der Waals surface area contributed by atoms with Gasteiger partial charge in [-0.15, -0.1) is 0 Å². The van der Waals surface area contributed by atoms with Gasteiger partial charge in [-0.2, -0.15) is 16.8 Å². The van der Waals surface area contributed by atoms with Crippen molar-refractivity contribution in [3.05, 3.63) is 0 Å². The molecule has 2 saturated heterocycles. The van der Waals surface area contributed by atoms with Crippen LogP contribution in [-0.2, 0) is 53.0 Å². The standard InChI is InChI=1S/C12H18O17S2/c13-1-3-5(14)8(4(26-3)2-25-30(19,20)21)27-12-10(29-31(22,23)24)7(16)6(15)9(28-12)11(17)18/h1,3-10,12,14-16H,2H2,(H,17,18)(H,19,20,21)(H,22,23,24)/t3-,4-,5-,6+,7+,8-,9-,10-,12-/m1/s1. The van der Waals surface area contributed by atoms with Gasteiger partial charge < -0.3 is 39.4 Å². The lowest BCUT2D eigenvalue weighted by Gasteiger charge is -2.41. The molecule has 0 aliphatic carbocycles. The minimum atomic E-state index is -5.32. The van der Waals surface area contributed by atoms with Crippen LogP contribution in [0.15, 0.2) is 0 Å². The highest BCUT2D eigenvalue weighted by atomic mass is 32.3. The number of carbonyl (C=O) groups excluding carboxylic acids is 1. The lowest BCUT2D eigenvalue weighted by molar-refractivity contribution is -0.306. The van der Waals surface area contributed by atoms with Crippen LogP contribution in [0.5, 0.6) is 0 Å². The summed E-state index contributed by atoms with van der Waals surface area (Å²) in [4.78, 5) is 22.3. The van der Waals surface area contributed by atoms with Gasteiger partial charge in [0, 0.05) is 0 Å². The summed E-state index contributed by atoms with van der Waals surface area (Å²) >= 11 is 0. The van der Waals surface area contributed by atoms with Crippen LogP contribution < -0.4 is 0 Å². The predicted molar refractivity (Wildman–Crippen MR) is 87.8 cm³/mol. The second kappa shape index (κ2) is 9.64. The molecule has 0 aromatic carbocycles. The molecule has 180 valence electrons. The fraction of sp³-hybridized carbons (Fsp3) is 0.833. The Bertz CT molecular complexity index is 870. The van der Waals surface area contributed by atoms with Crippen LogP contribution in [0.4, 0.5) is 0 Å². The fourth-order valence-electron chi connectivity index (χ4n) is 2.88. The molecule has 17 nitrogen and oxygen atoms in total. The van der Waals surface area contributed by atoms with Crippen molar-refractivity contribution in [1.29, 1.82) is 0 Å². The van der Waals surface area contributed by atoms with E-state index in [0.717, 1.165) is 0 Å². The highest BCUT2D eigenvalue weighted by molar-refractivity contribution is 7.81. The van der Waals surface area contributed by atoms with E-state index in [1.807, 2.05) is 0 Å². The van der Waals surface area contributed by atoms with E-state index in [2.05, 4.69) is 8.37 Å². The zero-order valence-electron chi connectivity index (χ0n) is 15.0.